The van der Waals surface area contributed by atoms with E-state index in [4.69, 9.17) is 12.3 Å². The highest BCUT2D eigenvalue weighted by Gasteiger charge is 2.18. The molecule has 0 aliphatic heterocycles. The van der Waals surface area contributed by atoms with Gasteiger partial charge in [0.15, 0.2) is 0 Å². The van der Waals surface area contributed by atoms with Gasteiger partial charge in [-0.3, -0.25) is 0 Å². The zero-order valence-electron chi connectivity index (χ0n) is 35.9. The third kappa shape index (κ3) is 3.91. The van der Waals surface area contributed by atoms with Crippen LogP contribution in [-0.4, -0.2) is 0 Å². The summed E-state index contributed by atoms with van der Waals surface area (Å²) in [5.41, 5.74) is 1.86. The van der Waals surface area contributed by atoms with Crippen molar-refractivity contribution < 1.29 is 19.2 Å². The smallest absolute Gasteiger partial charge is 0.0616 e. The SMILES string of the molecule is [2H]c1c([2H])c([2H])c2c(-c3c4c([2H])c([2H])c([2H])c([2H])c4c(-c4ccc(-c5ccc6ccccc6c5)cc4)c4c([2H])c(C)c([2H])c([2H])c34)c([2H])c([2H])c([2H])c2c1[2H]. The second-order valence-electron chi connectivity index (χ2n) is 9.89. The molecule has 0 fully saturated rings. The maximum atomic E-state index is 9.42. The molecule has 0 aliphatic carbocycles. The number of fused-ring (bicyclic) bond motifs is 4. The molecule has 0 spiro atoms. The Labute approximate surface area is 259 Å². The summed E-state index contributed by atoms with van der Waals surface area (Å²) in [6.45, 7) is 1.50. The predicted molar refractivity (Wildman–Crippen MR) is 178 cm³/mol. The molecule has 0 aliphatic rings. The molecular formula is C41H28. The van der Waals surface area contributed by atoms with E-state index in [2.05, 4.69) is 0 Å². The molecule has 8 aromatic carbocycles. The summed E-state index contributed by atoms with van der Waals surface area (Å²) in [5.74, 6) is 0. The summed E-state index contributed by atoms with van der Waals surface area (Å²) in [6.07, 6.45) is 0. The second kappa shape index (κ2) is 9.47. The molecule has 0 saturated heterocycles. The average Bonchev–Trinajstić information content (AvgIpc) is 3.19. The van der Waals surface area contributed by atoms with E-state index >= 15 is 0 Å². The third-order valence-corrected chi connectivity index (χ3v) is 7.44. The Hall–Kier alpha value is -5.20. The van der Waals surface area contributed by atoms with Crippen LogP contribution in [0.5, 0.6) is 0 Å². The molecule has 0 heteroatoms. The van der Waals surface area contributed by atoms with Gasteiger partial charge < -0.3 is 0 Å². The molecule has 0 heterocycles. The topological polar surface area (TPSA) is 0 Å². The number of hydrogen-bond donors (Lipinski definition) is 0. The molecule has 0 atom stereocenters. The van der Waals surface area contributed by atoms with Crippen LogP contribution in [0.1, 0.15) is 24.8 Å². The van der Waals surface area contributed by atoms with Gasteiger partial charge in [-0.1, -0.05) is 151 Å². The summed E-state index contributed by atoms with van der Waals surface area (Å²) in [7, 11) is 0. The van der Waals surface area contributed by atoms with Crippen molar-refractivity contribution in [2.45, 2.75) is 6.92 Å². The van der Waals surface area contributed by atoms with Gasteiger partial charge in [-0.25, -0.2) is 0 Å². The van der Waals surface area contributed by atoms with Gasteiger partial charge in [0.2, 0.25) is 0 Å². The number of benzene rings is 8. The minimum Gasteiger partial charge on any atom is -0.0616 e. The zero-order valence-corrected chi connectivity index (χ0v) is 21.9. The monoisotopic (exact) mass is 534 g/mol. The van der Waals surface area contributed by atoms with Crippen molar-refractivity contribution >= 4 is 43.1 Å². The van der Waals surface area contributed by atoms with Crippen LogP contribution in [0.2, 0.25) is 0 Å². The fourth-order valence-corrected chi connectivity index (χ4v) is 5.55. The van der Waals surface area contributed by atoms with Crippen molar-refractivity contribution in [1.82, 2.24) is 0 Å². The van der Waals surface area contributed by atoms with E-state index in [1.54, 1.807) is 12.1 Å². The first kappa shape index (κ1) is 13.4. The summed E-state index contributed by atoms with van der Waals surface area (Å²) in [5, 5.41) is 0.949. The summed E-state index contributed by atoms with van der Waals surface area (Å²) >= 11 is 0. The second-order valence-corrected chi connectivity index (χ2v) is 9.89. The maximum absolute atomic E-state index is 9.42. The van der Waals surface area contributed by atoms with Crippen LogP contribution in [0.25, 0.3) is 76.5 Å². The minimum absolute atomic E-state index is 0.0272. The van der Waals surface area contributed by atoms with Crippen LogP contribution >= 0.6 is 0 Å². The van der Waals surface area contributed by atoms with Crippen molar-refractivity contribution in [2.24, 2.45) is 0 Å². The first-order valence-corrected chi connectivity index (χ1v) is 13.1. The summed E-state index contributed by atoms with van der Waals surface area (Å²) < 4.78 is 125. The maximum Gasteiger partial charge on any atom is 0.0632 e. The molecule has 0 N–H and O–H groups in total. The molecule has 0 amide bonds. The van der Waals surface area contributed by atoms with E-state index in [1.807, 2.05) is 54.6 Å². The molecule has 8 rings (SSSR count). The zero-order chi connectivity index (χ0) is 39.5. The standard InChI is InChI=1S/C41H28/c1-27-17-24-38-39(25-27)40(31-21-18-29(19-22-31)33-23-20-28-9-2-3-11-32(28)26-33)36-14-6-7-15-37(36)41(38)35-16-8-12-30-10-4-5-13-34(30)35/h2-26H,1H3/i4D,5D,6D,7D,8D,10D,12D,13D,14D,15D,16D,17D,24D,25D. The highest BCUT2D eigenvalue weighted by molar-refractivity contribution is 6.23. The van der Waals surface area contributed by atoms with Crippen LogP contribution in [0.15, 0.2) is 151 Å². The Kier molecular flexibility index (Phi) is 3.10. The molecule has 192 valence electrons. The van der Waals surface area contributed by atoms with Gasteiger partial charge in [0, 0.05) is 0 Å². The van der Waals surface area contributed by atoms with Crippen molar-refractivity contribution in [1.29, 1.82) is 0 Å². The molecule has 41 heavy (non-hydrogen) atoms. The van der Waals surface area contributed by atoms with Gasteiger partial charge in [-0.2, -0.15) is 0 Å². The van der Waals surface area contributed by atoms with Crippen molar-refractivity contribution in [3.05, 3.63) is 157 Å². The lowest BCUT2D eigenvalue weighted by Gasteiger charge is -2.19. The normalized spacial score (nSPS) is 16.3. The Bertz CT molecular complexity index is 2940. The minimum atomic E-state index is -0.709. The predicted octanol–water partition coefficient (Wildman–Crippen LogP) is 11.6. The molecule has 0 saturated carbocycles. The molecule has 0 bridgehead atoms. The first-order chi connectivity index (χ1) is 26.1. The van der Waals surface area contributed by atoms with Crippen LogP contribution in [0, 0.1) is 6.92 Å². The molecule has 0 unspecified atom stereocenters. The van der Waals surface area contributed by atoms with Crippen molar-refractivity contribution in [3.8, 4) is 33.4 Å². The van der Waals surface area contributed by atoms with Crippen molar-refractivity contribution in [3.63, 3.8) is 0 Å². The van der Waals surface area contributed by atoms with E-state index in [0.717, 1.165) is 21.9 Å². The molecule has 8 aromatic rings. The summed E-state index contributed by atoms with van der Waals surface area (Å²) in [4.78, 5) is 0. The van der Waals surface area contributed by atoms with Gasteiger partial charge in [0.05, 0.1) is 19.2 Å². The lowest BCUT2D eigenvalue weighted by atomic mass is 9.84. The third-order valence-electron chi connectivity index (χ3n) is 7.44. The molecule has 0 nitrogen and oxygen atoms in total. The van der Waals surface area contributed by atoms with E-state index in [9.17, 15) is 6.85 Å². The van der Waals surface area contributed by atoms with E-state index in [1.165, 1.54) is 6.92 Å². The largest absolute Gasteiger partial charge is 0.0632 e. The Morgan fingerprint density at radius 1 is 0.439 bits per heavy atom. The lowest BCUT2D eigenvalue weighted by Crippen LogP contribution is -1.92. The Morgan fingerprint density at radius 2 is 1.07 bits per heavy atom. The van der Waals surface area contributed by atoms with E-state index in [-0.39, 0.29) is 66.7 Å². The average molecular weight is 535 g/mol. The lowest BCUT2D eigenvalue weighted by molar-refractivity contribution is 1.51. The van der Waals surface area contributed by atoms with E-state index in [0.29, 0.717) is 5.56 Å². The Morgan fingerprint density at radius 3 is 1.90 bits per heavy atom. The molecular weight excluding hydrogens is 492 g/mol. The summed E-state index contributed by atoms with van der Waals surface area (Å²) in [6, 6.07) is 13.1. The van der Waals surface area contributed by atoms with Crippen LogP contribution < -0.4 is 0 Å². The fraction of sp³-hybridized carbons (Fsp3) is 0.0244. The number of hydrogen-bond acceptors (Lipinski definition) is 0. The molecule has 0 aromatic heterocycles. The van der Waals surface area contributed by atoms with Gasteiger partial charge in [0.25, 0.3) is 0 Å². The molecule has 0 radical (unpaired) electrons. The fourth-order valence-electron chi connectivity index (χ4n) is 5.55. The number of rotatable bonds is 3. The van der Waals surface area contributed by atoms with Crippen LogP contribution in [-0.2, 0) is 0 Å². The quantitative estimate of drug-likeness (QED) is 0.198. The van der Waals surface area contributed by atoms with Crippen LogP contribution in [0.3, 0.4) is 0 Å². The first-order valence-electron chi connectivity index (χ1n) is 20.1. The van der Waals surface area contributed by atoms with Gasteiger partial charge in [-0.15, -0.1) is 0 Å². The van der Waals surface area contributed by atoms with Crippen molar-refractivity contribution in [2.75, 3.05) is 0 Å². The van der Waals surface area contributed by atoms with Gasteiger partial charge in [-0.05, 0) is 89.5 Å². The Balaban J connectivity index is 1.61. The van der Waals surface area contributed by atoms with Gasteiger partial charge >= 0.3 is 0 Å². The van der Waals surface area contributed by atoms with E-state index < -0.39 is 72.5 Å². The van der Waals surface area contributed by atoms with Gasteiger partial charge in [0.1, 0.15) is 0 Å². The highest BCUT2D eigenvalue weighted by atomic mass is 14.2. The van der Waals surface area contributed by atoms with Crippen LogP contribution in [0.4, 0.5) is 0 Å². The highest BCUT2D eigenvalue weighted by Crippen LogP contribution is 2.45.